The van der Waals surface area contributed by atoms with Crippen LogP contribution < -0.4 is 4.74 Å². The van der Waals surface area contributed by atoms with Crippen molar-refractivity contribution in [1.29, 1.82) is 0 Å². The molecule has 0 amide bonds. The average Bonchev–Trinajstić information content (AvgIpc) is 2.54. The third kappa shape index (κ3) is 2.55. The van der Waals surface area contributed by atoms with E-state index >= 15 is 0 Å². The summed E-state index contributed by atoms with van der Waals surface area (Å²) in [5.74, 6) is 2.00. The first kappa shape index (κ1) is 14.9. The Bertz CT molecular complexity index is 620. The number of halogens is 2. The lowest BCUT2D eigenvalue weighted by molar-refractivity contribution is 0.164. The summed E-state index contributed by atoms with van der Waals surface area (Å²) in [6.45, 7) is 2.32. The molecule has 2 nitrogen and oxygen atoms in total. The van der Waals surface area contributed by atoms with Crippen molar-refractivity contribution in [3.8, 4) is 5.75 Å². The molecule has 0 spiro atoms. The van der Waals surface area contributed by atoms with Gasteiger partial charge in [0.25, 0.3) is 0 Å². The summed E-state index contributed by atoms with van der Waals surface area (Å²) in [4.78, 5) is 2.61. The van der Waals surface area contributed by atoms with Crippen LogP contribution >= 0.6 is 23.2 Å². The van der Waals surface area contributed by atoms with Crippen LogP contribution in [-0.4, -0.2) is 18.0 Å². The van der Waals surface area contributed by atoms with Gasteiger partial charge < -0.3 is 4.74 Å². The lowest BCUT2D eigenvalue weighted by Crippen LogP contribution is -2.37. The van der Waals surface area contributed by atoms with Crippen molar-refractivity contribution in [1.82, 2.24) is 4.90 Å². The molecule has 4 rings (SSSR count). The standard InChI is InChI=1S/C18H21Cl2NO/c19-12-10-14-17(21-8-4-1-5-9-21)13-6-2-3-7-16(13)22-18(14)15(20)11-12/h10-11,17H,1-9H2. The predicted molar refractivity (Wildman–Crippen MR) is 90.7 cm³/mol. The number of rotatable bonds is 1. The van der Waals surface area contributed by atoms with Gasteiger partial charge >= 0.3 is 0 Å². The molecule has 0 aromatic heterocycles. The van der Waals surface area contributed by atoms with E-state index in [1.165, 1.54) is 49.0 Å². The van der Waals surface area contributed by atoms with Gasteiger partial charge in [0.2, 0.25) is 0 Å². The van der Waals surface area contributed by atoms with Crippen LogP contribution in [0.25, 0.3) is 0 Å². The monoisotopic (exact) mass is 337 g/mol. The minimum atomic E-state index is 0.315. The topological polar surface area (TPSA) is 12.5 Å². The first-order valence-electron chi connectivity index (χ1n) is 8.37. The Labute approximate surface area is 142 Å². The molecule has 4 heteroatoms. The van der Waals surface area contributed by atoms with Crippen molar-refractivity contribution in [2.45, 2.75) is 51.0 Å². The molecular formula is C18H21Cl2NO. The van der Waals surface area contributed by atoms with Crippen LogP contribution in [0.1, 0.15) is 56.6 Å². The maximum atomic E-state index is 6.43. The fraction of sp³-hybridized carbons (Fsp3) is 0.556. The molecule has 0 radical (unpaired) electrons. The van der Waals surface area contributed by atoms with Gasteiger partial charge in [0.15, 0.2) is 5.75 Å². The fourth-order valence-corrected chi connectivity index (χ4v) is 4.65. The Balaban J connectivity index is 1.83. The van der Waals surface area contributed by atoms with E-state index in [1.54, 1.807) is 6.07 Å². The molecule has 1 aromatic rings. The first-order valence-corrected chi connectivity index (χ1v) is 9.12. The lowest BCUT2D eigenvalue weighted by Gasteiger charge is -2.41. The Morgan fingerprint density at radius 3 is 2.55 bits per heavy atom. The number of nitrogens with zero attached hydrogens (tertiary/aromatic N) is 1. The third-order valence-electron chi connectivity index (χ3n) is 5.10. The molecule has 1 unspecified atom stereocenters. The summed E-state index contributed by atoms with van der Waals surface area (Å²) in [6.07, 6.45) is 8.56. The maximum Gasteiger partial charge on any atom is 0.150 e. The number of likely N-dealkylation sites (tertiary alicyclic amines) is 1. The van der Waals surface area contributed by atoms with Gasteiger partial charge in [-0.05, 0) is 62.9 Å². The van der Waals surface area contributed by atoms with Crippen LogP contribution in [0.15, 0.2) is 23.5 Å². The van der Waals surface area contributed by atoms with E-state index < -0.39 is 0 Å². The molecule has 1 fully saturated rings. The van der Waals surface area contributed by atoms with E-state index in [9.17, 15) is 0 Å². The normalized spacial score (nSPS) is 25.5. The highest BCUT2D eigenvalue weighted by molar-refractivity contribution is 6.35. The summed E-state index contributed by atoms with van der Waals surface area (Å²) in [5, 5.41) is 1.34. The van der Waals surface area contributed by atoms with Crippen LogP contribution in [0.5, 0.6) is 5.75 Å². The smallest absolute Gasteiger partial charge is 0.150 e. The van der Waals surface area contributed by atoms with Crippen molar-refractivity contribution in [2.75, 3.05) is 13.1 Å². The fourth-order valence-electron chi connectivity index (χ4n) is 4.10. The number of piperidine rings is 1. The van der Waals surface area contributed by atoms with Crippen molar-refractivity contribution in [3.63, 3.8) is 0 Å². The van der Waals surface area contributed by atoms with E-state index in [2.05, 4.69) is 11.0 Å². The Morgan fingerprint density at radius 2 is 1.73 bits per heavy atom. The highest BCUT2D eigenvalue weighted by Crippen LogP contribution is 2.49. The summed E-state index contributed by atoms with van der Waals surface area (Å²) in [6, 6.07) is 4.17. The second-order valence-corrected chi connectivity index (χ2v) is 7.41. The summed E-state index contributed by atoms with van der Waals surface area (Å²) in [5.41, 5.74) is 2.64. The van der Waals surface area contributed by atoms with Gasteiger partial charge in [-0.2, -0.15) is 0 Å². The number of hydrogen-bond donors (Lipinski definition) is 0. The molecule has 0 N–H and O–H groups in total. The van der Waals surface area contributed by atoms with Crippen molar-refractivity contribution < 1.29 is 4.74 Å². The Kier molecular flexibility index (Phi) is 4.10. The largest absolute Gasteiger partial charge is 0.460 e. The van der Waals surface area contributed by atoms with E-state index in [-0.39, 0.29) is 0 Å². The van der Waals surface area contributed by atoms with E-state index in [0.717, 1.165) is 31.7 Å². The minimum Gasteiger partial charge on any atom is -0.460 e. The molecule has 3 aliphatic rings. The lowest BCUT2D eigenvalue weighted by atomic mass is 9.84. The highest BCUT2D eigenvalue weighted by Gasteiger charge is 2.36. The molecule has 1 saturated heterocycles. The van der Waals surface area contributed by atoms with E-state index in [0.29, 0.717) is 16.1 Å². The van der Waals surface area contributed by atoms with E-state index in [4.69, 9.17) is 27.9 Å². The number of fused-ring (bicyclic) bond motifs is 1. The van der Waals surface area contributed by atoms with Crippen molar-refractivity contribution >= 4 is 23.2 Å². The maximum absolute atomic E-state index is 6.43. The second-order valence-electron chi connectivity index (χ2n) is 6.56. The second kappa shape index (κ2) is 6.07. The number of benzene rings is 1. The first-order chi connectivity index (χ1) is 10.7. The van der Waals surface area contributed by atoms with Gasteiger partial charge in [-0.1, -0.05) is 29.6 Å². The zero-order chi connectivity index (χ0) is 15.1. The van der Waals surface area contributed by atoms with Gasteiger partial charge in [-0.15, -0.1) is 0 Å². The van der Waals surface area contributed by atoms with Gasteiger partial charge in [0, 0.05) is 17.0 Å². The summed E-state index contributed by atoms with van der Waals surface area (Å²) >= 11 is 12.7. The Morgan fingerprint density at radius 1 is 0.955 bits per heavy atom. The van der Waals surface area contributed by atoms with Crippen LogP contribution in [0.3, 0.4) is 0 Å². The molecule has 1 aromatic carbocycles. The SMILES string of the molecule is Clc1cc(Cl)c2c(c1)C(N1CCCCC1)C1=C(CCCC1)O2. The molecule has 0 saturated carbocycles. The summed E-state index contributed by atoms with van der Waals surface area (Å²) < 4.78 is 6.21. The number of allylic oxidation sites excluding steroid dienone is 1. The molecular weight excluding hydrogens is 317 g/mol. The van der Waals surface area contributed by atoms with Gasteiger partial charge in [0.05, 0.1) is 11.1 Å². The molecule has 118 valence electrons. The Hall–Kier alpha value is -0.700. The van der Waals surface area contributed by atoms with Gasteiger partial charge in [0.1, 0.15) is 5.76 Å². The average molecular weight is 338 g/mol. The molecule has 1 aliphatic carbocycles. The minimum absolute atomic E-state index is 0.315. The molecule has 2 heterocycles. The predicted octanol–water partition coefficient (Wildman–Crippen LogP) is 5.74. The summed E-state index contributed by atoms with van der Waals surface area (Å²) in [7, 11) is 0. The zero-order valence-corrected chi connectivity index (χ0v) is 14.2. The van der Waals surface area contributed by atoms with Crippen LogP contribution in [0.4, 0.5) is 0 Å². The molecule has 0 bridgehead atoms. The van der Waals surface area contributed by atoms with Crippen molar-refractivity contribution in [3.05, 3.63) is 39.1 Å². The molecule has 2 aliphatic heterocycles. The highest BCUT2D eigenvalue weighted by atomic mass is 35.5. The molecule has 22 heavy (non-hydrogen) atoms. The van der Waals surface area contributed by atoms with Gasteiger partial charge in [-0.25, -0.2) is 0 Å². The van der Waals surface area contributed by atoms with Gasteiger partial charge in [-0.3, -0.25) is 4.90 Å². The third-order valence-corrected chi connectivity index (χ3v) is 5.60. The number of hydrogen-bond acceptors (Lipinski definition) is 2. The van der Waals surface area contributed by atoms with Crippen LogP contribution in [0.2, 0.25) is 10.0 Å². The van der Waals surface area contributed by atoms with E-state index in [1.807, 2.05) is 0 Å². The van der Waals surface area contributed by atoms with Crippen LogP contribution in [0, 0.1) is 0 Å². The quantitative estimate of drug-likeness (QED) is 0.647. The molecule has 1 atom stereocenters. The zero-order valence-electron chi connectivity index (χ0n) is 12.7. The van der Waals surface area contributed by atoms with Crippen LogP contribution in [-0.2, 0) is 0 Å². The number of ether oxygens (including phenoxy) is 1. The van der Waals surface area contributed by atoms with Crippen molar-refractivity contribution in [2.24, 2.45) is 0 Å².